The van der Waals surface area contributed by atoms with Crippen LogP contribution in [0.3, 0.4) is 0 Å². The maximum Gasteiger partial charge on any atom is 0.231 e. The van der Waals surface area contributed by atoms with Crippen molar-refractivity contribution in [2.24, 2.45) is 5.92 Å². The van der Waals surface area contributed by atoms with Crippen LogP contribution in [0, 0.1) is 11.7 Å². The first-order valence-electron chi connectivity index (χ1n) is 10.4. The molecule has 160 valence electrons. The SMILES string of the molecule is O=C(C1COc2ccc(Cl)cc2C1)N1CCCC(c2nc(-c3ccc(F)cc3)no2)C1. The molecule has 1 aromatic heterocycles. The van der Waals surface area contributed by atoms with Crippen LogP contribution in [0.5, 0.6) is 5.75 Å². The quantitative estimate of drug-likeness (QED) is 0.599. The molecule has 0 spiro atoms. The number of hydrogen-bond donors (Lipinski definition) is 0. The normalized spacial score (nSPS) is 20.8. The van der Waals surface area contributed by atoms with Gasteiger partial charge >= 0.3 is 0 Å². The van der Waals surface area contributed by atoms with Crippen LogP contribution in [0.4, 0.5) is 4.39 Å². The van der Waals surface area contributed by atoms with Crippen LogP contribution in [0.25, 0.3) is 11.4 Å². The predicted octanol–water partition coefficient (Wildman–Crippen LogP) is 4.49. The summed E-state index contributed by atoms with van der Waals surface area (Å²) in [6.07, 6.45) is 2.35. The maximum absolute atomic E-state index is 13.2. The Kier molecular flexibility index (Phi) is 5.36. The molecule has 2 atom stereocenters. The zero-order valence-corrected chi connectivity index (χ0v) is 17.5. The molecule has 31 heavy (non-hydrogen) atoms. The van der Waals surface area contributed by atoms with E-state index in [-0.39, 0.29) is 23.6 Å². The van der Waals surface area contributed by atoms with Gasteiger partial charge in [0, 0.05) is 23.7 Å². The molecule has 5 rings (SSSR count). The second-order valence-corrected chi connectivity index (χ2v) is 8.49. The van der Waals surface area contributed by atoms with Crippen molar-refractivity contribution in [3.05, 3.63) is 64.8 Å². The molecule has 3 aromatic rings. The van der Waals surface area contributed by atoms with Crippen LogP contribution in [0.1, 0.15) is 30.2 Å². The van der Waals surface area contributed by atoms with Gasteiger partial charge in [-0.25, -0.2) is 4.39 Å². The zero-order valence-electron chi connectivity index (χ0n) is 16.8. The fourth-order valence-electron chi connectivity index (χ4n) is 4.28. The van der Waals surface area contributed by atoms with Gasteiger partial charge in [0.1, 0.15) is 18.2 Å². The first-order valence-corrected chi connectivity index (χ1v) is 10.7. The van der Waals surface area contributed by atoms with Crippen LogP contribution in [-0.2, 0) is 11.2 Å². The lowest BCUT2D eigenvalue weighted by Crippen LogP contribution is -2.45. The molecule has 6 nitrogen and oxygen atoms in total. The smallest absolute Gasteiger partial charge is 0.231 e. The molecule has 3 heterocycles. The summed E-state index contributed by atoms with van der Waals surface area (Å²) in [4.78, 5) is 19.6. The molecule has 0 bridgehead atoms. The van der Waals surface area contributed by atoms with Crippen LogP contribution >= 0.6 is 11.6 Å². The Morgan fingerprint density at radius 1 is 1.19 bits per heavy atom. The van der Waals surface area contributed by atoms with E-state index in [1.807, 2.05) is 17.0 Å². The molecule has 2 aliphatic heterocycles. The summed E-state index contributed by atoms with van der Waals surface area (Å²) in [5.74, 6) is 1.23. The molecule has 1 fully saturated rings. The fourth-order valence-corrected chi connectivity index (χ4v) is 4.47. The van der Waals surface area contributed by atoms with Crippen LogP contribution in [0.2, 0.25) is 5.02 Å². The summed E-state index contributed by atoms with van der Waals surface area (Å²) in [6, 6.07) is 11.5. The number of benzene rings is 2. The average Bonchev–Trinajstić information content (AvgIpc) is 3.29. The molecular formula is C23H21ClFN3O3. The van der Waals surface area contributed by atoms with Gasteiger partial charge in [0.15, 0.2) is 0 Å². The Hall–Kier alpha value is -2.93. The van der Waals surface area contributed by atoms with Gasteiger partial charge in [0.05, 0.1) is 11.8 Å². The summed E-state index contributed by atoms with van der Waals surface area (Å²) >= 11 is 6.10. The van der Waals surface area contributed by atoms with Crippen molar-refractivity contribution in [1.82, 2.24) is 15.0 Å². The van der Waals surface area contributed by atoms with E-state index in [9.17, 15) is 9.18 Å². The Bertz CT molecular complexity index is 1100. The molecule has 0 aliphatic carbocycles. The Morgan fingerprint density at radius 2 is 2.03 bits per heavy atom. The molecular weight excluding hydrogens is 421 g/mol. The lowest BCUT2D eigenvalue weighted by Gasteiger charge is -2.35. The topological polar surface area (TPSA) is 68.5 Å². The van der Waals surface area contributed by atoms with Gasteiger partial charge in [-0.15, -0.1) is 0 Å². The highest BCUT2D eigenvalue weighted by Gasteiger charge is 2.34. The summed E-state index contributed by atoms with van der Waals surface area (Å²) in [5.41, 5.74) is 1.66. The number of carbonyl (C=O) groups excluding carboxylic acids is 1. The minimum atomic E-state index is -0.314. The number of rotatable bonds is 3. The van der Waals surface area contributed by atoms with E-state index in [2.05, 4.69) is 10.1 Å². The van der Waals surface area contributed by atoms with Crippen molar-refractivity contribution in [1.29, 1.82) is 0 Å². The van der Waals surface area contributed by atoms with Gasteiger partial charge in [-0.05, 0) is 67.3 Å². The van der Waals surface area contributed by atoms with E-state index in [0.717, 1.165) is 24.2 Å². The Labute approximate surface area is 184 Å². The summed E-state index contributed by atoms with van der Waals surface area (Å²) in [5, 5.41) is 4.68. The van der Waals surface area contributed by atoms with Crippen molar-refractivity contribution in [2.75, 3.05) is 19.7 Å². The monoisotopic (exact) mass is 441 g/mol. The molecule has 2 unspecified atom stereocenters. The molecule has 0 saturated carbocycles. The largest absolute Gasteiger partial charge is 0.492 e. The minimum absolute atomic E-state index is 0.0226. The van der Waals surface area contributed by atoms with E-state index >= 15 is 0 Å². The van der Waals surface area contributed by atoms with E-state index < -0.39 is 0 Å². The average molecular weight is 442 g/mol. The van der Waals surface area contributed by atoms with E-state index in [4.69, 9.17) is 20.9 Å². The standard InChI is InChI=1S/C23H21ClFN3O3/c24-18-5-8-20-16(11-18)10-17(13-30-20)23(29)28-9-1-2-15(12-28)22-26-21(27-31-22)14-3-6-19(25)7-4-14/h3-8,11,15,17H,1-2,9-10,12-13H2. The highest BCUT2D eigenvalue weighted by Crippen LogP contribution is 2.33. The highest BCUT2D eigenvalue weighted by molar-refractivity contribution is 6.30. The van der Waals surface area contributed by atoms with Crippen molar-refractivity contribution >= 4 is 17.5 Å². The van der Waals surface area contributed by atoms with Crippen molar-refractivity contribution in [3.63, 3.8) is 0 Å². The van der Waals surface area contributed by atoms with Crippen LogP contribution < -0.4 is 4.74 Å². The second kappa shape index (κ2) is 8.30. The number of halogens is 2. The van der Waals surface area contributed by atoms with Crippen LogP contribution in [-0.4, -0.2) is 40.6 Å². The van der Waals surface area contributed by atoms with Crippen LogP contribution in [0.15, 0.2) is 47.0 Å². The predicted molar refractivity (Wildman–Crippen MR) is 112 cm³/mol. The molecule has 1 saturated heterocycles. The first-order chi connectivity index (χ1) is 15.1. The number of hydrogen-bond acceptors (Lipinski definition) is 5. The molecule has 8 heteroatoms. The lowest BCUT2D eigenvalue weighted by atomic mass is 9.92. The molecule has 2 aliphatic rings. The number of piperidine rings is 1. The third-order valence-corrected chi connectivity index (χ3v) is 6.14. The number of likely N-dealkylation sites (tertiary alicyclic amines) is 1. The first kappa shape index (κ1) is 20.0. The van der Waals surface area contributed by atoms with Gasteiger partial charge in [-0.2, -0.15) is 4.98 Å². The van der Waals surface area contributed by atoms with E-state index in [0.29, 0.717) is 48.4 Å². The molecule has 0 N–H and O–H groups in total. The zero-order chi connectivity index (χ0) is 21.4. The van der Waals surface area contributed by atoms with Gasteiger partial charge in [0.2, 0.25) is 17.6 Å². The van der Waals surface area contributed by atoms with E-state index in [1.54, 1.807) is 18.2 Å². The van der Waals surface area contributed by atoms with Crippen molar-refractivity contribution < 1.29 is 18.4 Å². The Balaban J connectivity index is 1.27. The summed E-state index contributed by atoms with van der Waals surface area (Å²) < 4.78 is 24.4. The third-order valence-electron chi connectivity index (χ3n) is 5.90. The highest BCUT2D eigenvalue weighted by atomic mass is 35.5. The maximum atomic E-state index is 13.2. The van der Waals surface area contributed by atoms with E-state index in [1.165, 1.54) is 12.1 Å². The van der Waals surface area contributed by atoms with Gasteiger partial charge in [-0.1, -0.05) is 16.8 Å². The molecule has 2 aromatic carbocycles. The number of nitrogens with zero attached hydrogens (tertiary/aromatic N) is 3. The number of amides is 1. The fraction of sp³-hybridized carbons (Fsp3) is 0.348. The number of ether oxygens (including phenoxy) is 1. The second-order valence-electron chi connectivity index (χ2n) is 8.05. The summed E-state index contributed by atoms with van der Waals surface area (Å²) in [7, 11) is 0. The van der Waals surface area contributed by atoms with Gasteiger partial charge < -0.3 is 14.2 Å². The number of fused-ring (bicyclic) bond motifs is 1. The Morgan fingerprint density at radius 3 is 2.87 bits per heavy atom. The lowest BCUT2D eigenvalue weighted by molar-refractivity contribution is -0.138. The summed E-state index contributed by atoms with van der Waals surface area (Å²) in [6.45, 7) is 1.60. The van der Waals surface area contributed by atoms with Gasteiger partial charge in [0.25, 0.3) is 0 Å². The van der Waals surface area contributed by atoms with Crippen molar-refractivity contribution in [3.8, 4) is 17.1 Å². The molecule has 1 amide bonds. The van der Waals surface area contributed by atoms with Gasteiger partial charge in [-0.3, -0.25) is 4.79 Å². The molecule has 0 radical (unpaired) electrons. The number of aromatic nitrogens is 2. The van der Waals surface area contributed by atoms with Crippen molar-refractivity contribution in [2.45, 2.75) is 25.2 Å². The minimum Gasteiger partial charge on any atom is -0.492 e. The number of carbonyl (C=O) groups is 1. The third kappa shape index (κ3) is 4.14.